The van der Waals surface area contributed by atoms with Crippen molar-refractivity contribution < 1.29 is 9.59 Å². The van der Waals surface area contributed by atoms with Crippen LogP contribution >= 0.6 is 0 Å². The lowest BCUT2D eigenvalue weighted by Crippen LogP contribution is -2.57. The van der Waals surface area contributed by atoms with E-state index in [0.29, 0.717) is 23.4 Å². The van der Waals surface area contributed by atoms with E-state index in [2.05, 4.69) is 26.2 Å². The van der Waals surface area contributed by atoms with Crippen molar-refractivity contribution in [2.75, 3.05) is 5.32 Å². The Morgan fingerprint density at radius 3 is 2.35 bits per heavy atom. The van der Waals surface area contributed by atoms with Gasteiger partial charge in [0.25, 0.3) is 0 Å². The molecule has 2 amide bonds. The van der Waals surface area contributed by atoms with Gasteiger partial charge in [0.05, 0.1) is 5.69 Å². The molecular weight excluding hydrogens is 392 g/mol. The molecule has 8 heteroatoms. The molecular formula is C23H30N6O2. The molecule has 4 aliphatic carbocycles. The molecule has 4 aliphatic rings. The third kappa shape index (κ3) is 3.83. The number of anilines is 1. The summed E-state index contributed by atoms with van der Waals surface area (Å²) in [4.78, 5) is 26.6. The van der Waals surface area contributed by atoms with Crippen LogP contribution in [-0.2, 0) is 9.59 Å². The number of carbonyl (C=O) groups is 2. The van der Waals surface area contributed by atoms with Gasteiger partial charge in [0.2, 0.25) is 11.8 Å². The maximum absolute atomic E-state index is 13.5. The fourth-order valence-corrected chi connectivity index (χ4v) is 6.44. The van der Waals surface area contributed by atoms with Crippen LogP contribution in [-0.4, -0.2) is 38.1 Å². The summed E-state index contributed by atoms with van der Waals surface area (Å²) in [6, 6.07) is 6.76. The molecule has 1 heterocycles. The highest BCUT2D eigenvalue weighted by molar-refractivity contribution is 5.98. The Hall–Kier alpha value is -2.77. The van der Waals surface area contributed by atoms with Crippen molar-refractivity contribution in [3.05, 3.63) is 30.6 Å². The monoisotopic (exact) mass is 422 g/mol. The van der Waals surface area contributed by atoms with Crippen LogP contribution < -0.4 is 10.6 Å². The summed E-state index contributed by atoms with van der Waals surface area (Å²) in [6.45, 7) is 3.95. The Morgan fingerprint density at radius 1 is 1.10 bits per heavy atom. The number of aromatic nitrogens is 4. The average molecular weight is 423 g/mol. The van der Waals surface area contributed by atoms with Crippen molar-refractivity contribution in [3.8, 4) is 5.69 Å². The van der Waals surface area contributed by atoms with E-state index in [1.54, 1.807) is 0 Å². The first-order valence-corrected chi connectivity index (χ1v) is 11.4. The maximum Gasteiger partial charge on any atom is 0.247 e. The van der Waals surface area contributed by atoms with Gasteiger partial charge in [0, 0.05) is 11.1 Å². The van der Waals surface area contributed by atoms with Gasteiger partial charge in [-0.25, -0.2) is 4.68 Å². The van der Waals surface area contributed by atoms with Gasteiger partial charge < -0.3 is 10.6 Å². The number of hydrogen-bond donors (Lipinski definition) is 2. The molecule has 6 rings (SSSR count). The van der Waals surface area contributed by atoms with Gasteiger partial charge in [-0.1, -0.05) is 19.9 Å². The summed E-state index contributed by atoms with van der Waals surface area (Å²) in [5.41, 5.74) is 1.14. The van der Waals surface area contributed by atoms with Gasteiger partial charge >= 0.3 is 0 Å². The molecule has 4 bridgehead atoms. The normalized spacial score (nSPS) is 29.7. The predicted molar refractivity (Wildman–Crippen MR) is 115 cm³/mol. The number of hydrogen-bond acceptors (Lipinski definition) is 5. The second-order valence-electron chi connectivity index (χ2n) is 10.2. The van der Waals surface area contributed by atoms with Gasteiger partial charge in [-0.3, -0.25) is 9.59 Å². The van der Waals surface area contributed by atoms with Crippen LogP contribution in [0, 0.1) is 29.1 Å². The molecule has 0 radical (unpaired) electrons. The number of benzene rings is 1. The van der Waals surface area contributed by atoms with Gasteiger partial charge in [-0.2, -0.15) is 0 Å². The summed E-state index contributed by atoms with van der Waals surface area (Å²) in [6.07, 6.45) is 8.35. The Bertz CT molecular complexity index is 935. The minimum absolute atomic E-state index is 0.0134. The van der Waals surface area contributed by atoms with Crippen molar-refractivity contribution in [2.24, 2.45) is 29.1 Å². The quantitative estimate of drug-likeness (QED) is 0.745. The summed E-state index contributed by atoms with van der Waals surface area (Å²) in [5.74, 6) is 1.96. The van der Waals surface area contributed by atoms with Crippen LogP contribution in [0.15, 0.2) is 30.6 Å². The molecule has 0 unspecified atom stereocenters. The Kier molecular flexibility index (Phi) is 5.02. The van der Waals surface area contributed by atoms with Crippen LogP contribution in [0.1, 0.15) is 52.4 Å². The Morgan fingerprint density at radius 2 is 1.77 bits per heavy atom. The van der Waals surface area contributed by atoms with Crippen molar-refractivity contribution in [3.63, 3.8) is 0 Å². The zero-order chi connectivity index (χ0) is 21.6. The summed E-state index contributed by atoms with van der Waals surface area (Å²) in [5, 5.41) is 17.3. The highest BCUT2D eigenvalue weighted by Crippen LogP contribution is 2.60. The van der Waals surface area contributed by atoms with Crippen LogP contribution in [0.25, 0.3) is 5.69 Å². The lowest BCUT2D eigenvalue weighted by Gasteiger charge is -2.55. The molecule has 31 heavy (non-hydrogen) atoms. The Balaban J connectivity index is 1.29. The van der Waals surface area contributed by atoms with E-state index >= 15 is 0 Å². The first-order chi connectivity index (χ1) is 14.9. The third-order valence-electron chi connectivity index (χ3n) is 7.48. The number of nitrogens with one attached hydrogen (secondary N) is 2. The van der Waals surface area contributed by atoms with E-state index in [1.807, 2.05) is 38.1 Å². The number of carbonyl (C=O) groups excluding carboxylic acids is 2. The van der Waals surface area contributed by atoms with Gasteiger partial charge in [-0.05, 0) is 90.8 Å². The fraction of sp³-hybridized carbons (Fsp3) is 0.609. The van der Waals surface area contributed by atoms with E-state index in [-0.39, 0.29) is 23.1 Å². The zero-order valence-electron chi connectivity index (χ0n) is 18.1. The largest absolute Gasteiger partial charge is 0.344 e. The van der Waals surface area contributed by atoms with Crippen LogP contribution in [0.3, 0.4) is 0 Å². The number of tetrazole rings is 1. The molecule has 0 saturated heterocycles. The molecule has 4 fully saturated rings. The van der Waals surface area contributed by atoms with Crippen molar-refractivity contribution in [2.45, 2.75) is 58.4 Å². The molecule has 1 aromatic carbocycles. The third-order valence-corrected chi connectivity index (χ3v) is 7.48. The van der Waals surface area contributed by atoms with Crippen LogP contribution in [0.2, 0.25) is 0 Å². The van der Waals surface area contributed by atoms with Crippen molar-refractivity contribution in [1.29, 1.82) is 0 Å². The van der Waals surface area contributed by atoms with Gasteiger partial charge in [0.15, 0.2) is 0 Å². The van der Waals surface area contributed by atoms with Crippen molar-refractivity contribution in [1.82, 2.24) is 25.5 Å². The molecule has 1 aromatic heterocycles. The molecule has 164 valence electrons. The molecule has 8 nitrogen and oxygen atoms in total. The first kappa shape index (κ1) is 20.2. The zero-order valence-corrected chi connectivity index (χ0v) is 18.1. The Labute approximate surface area is 182 Å². The second kappa shape index (κ2) is 7.73. The lowest BCUT2D eigenvalue weighted by molar-refractivity contribution is -0.148. The lowest BCUT2D eigenvalue weighted by atomic mass is 9.49. The molecule has 0 aliphatic heterocycles. The van der Waals surface area contributed by atoms with E-state index in [1.165, 1.54) is 30.3 Å². The predicted octanol–water partition coefficient (Wildman–Crippen LogP) is 2.96. The van der Waals surface area contributed by atoms with E-state index < -0.39 is 6.04 Å². The molecule has 0 spiro atoms. The SMILES string of the molecule is CC(C)[C@H](NC(=O)C12CC3CC(CC(C3)C1)C2)C(=O)Nc1cccc(-n2cnnn2)c1. The smallest absolute Gasteiger partial charge is 0.247 e. The summed E-state index contributed by atoms with van der Waals surface area (Å²) >= 11 is 0. The average Bonchev–Trinajstić information content (AvgIpc) is 3.25. The molecule has 1 atom stereocenters. The highest BCUT2D eigenvalue weighted by Gasteiger charge is 2.55. The highest BCUT2D eigenvalue weighted by atomic mass is 16.2. The van der Waals surface area contributed by atoms with E-state index in [9.17, 15) is 9.59 Å². The van der Waals surface area contributed by atoms with Crippen molar-refractivity contribution >= 4 is 17.5 Å². The molecule has 2 N–H and O–H groups in total. The minimum atomic E-state index is -0.572. The molecule has 2 aromatic rings. The first-order valence-electron chi connectivity index (χ1n) is 11.4. The van der Waals surface area contributed by atoms with Gasteiger partial charge in [0.1, 0.15) is 12.4 Å². The summed E-state index contributed by atoms with van der Waals surface area (Å²) < 4.78 is 1.53. The molecule has 4 saturated carbocycles. The van der Waals surface area contributed by atoms with E-state index in [0.717, 1.165) is 24.9 Å². The topological polar surface area (TPSA) is 102 Å². The number of amides is 2. The second-order valence-corrected chi connectivity index (χ2v) is 10.2. The minimum Gasteiger partial charge on any atom is -0.344 e. The number of nitrogens with zero attached hydrogens (tertiary/aromatic N) is 4. The number of rotatable bonds is 6. The maximum atomic E-state index is 13.5. The fourth-order valence-electron chi connectivity index (χ4n) is 6.44. The van der Waals surface area contributed by atoms with Gasteiger partial charge in [-0.15, -0.1) is 5.10 Å². The van der Waals surface area contributed by atoms with E-state index in [4.69, 9.17) is 0 Å². The summed E-state index contributed by atoms with van der Waals surface area (Å²) in [7, 11) is 0. The van der Waals surface area contributed by atoms with Crippen LogP contribution in [0.4, 0.5) is 5.69 Å². The van der Waals surface area contributed by atoms with Crippen LogP contribution in [0.5, 0.6) is 0 Å². The standard InChI is InChI=1S/C23H30N6O2/c1-14(2)20(21(30)25-18-4-3-5-19(9-18)29-13-24-27-28-29)26-22(31)23-10-15-6-16(11-23)8-17(7-15)12-23/h3-5,9,13-17,20H,6-8,10-12H2,1-2H3,(H,25,30)(H,26,31)/t15?,16?,17?,20-,23?/m0/s1.